The average Bonchev–Trinajstić information content (AvgIpc) is 2.45. The molecule has 0 bridgehead atoms. The van der Waals surface area contributed by atoms with Gasteiger partial charge in [0.25, 0.3) is 0 Å². The maximum absolute atomic E-state index is 11.8. The molecule has 0 heterocycles. The Kier molecular flexibility index (Phi) is 4.56. The molecule has 0 aliphatic rings. The number of hydrogen-bond donors (Lipinski definition) is 3. The van der Waals surface area contributed by atoms with Gasteiger partial charge in [-0.2, -0.15) is 0 Å². The molecule has 0 aliphatic carbocycles. The van der Waals surface area contributed by atoms with Gasteiger partial charge in [0.1, 0.15) is 0 Å². The second-order valence-corrected chi connectivity index (χ2v) is 4.65. The van der Waals surface area contributed by atoms with Crippen LogP contribution in [-0.2, 0) is 6.54 Å². The van der Waals surface area contributed by atoms with Crippen molar-refractivity contribution in [2.24, 2.45) is 0 Å². The molecule has 0 aliphatic heterocycles. The SMILES string of the molecule is Cc1cccc(CNC(=O)Nc2ccccc2C(=O)O)c1. The molecule has 2 aromatic rings. The van der Waals surface area contributed by atoms with Crippen molar-refractivity contribution in [2.75, 3.05) is 5.32 Å². The first-order valence-corrected chi connectivity index (χ1v) is 6.49. The van der Waals surface area contributed by atoms with Gasteiger partial charge >= 0.3 is 12.0 Å². The summed E-state index contributed by atoms with van der Waals surface area (Å²) in [6.45, 7) is 2.36. The van der Waals surface area contributed by atoms with E-state index in [1.807, 2.05) is 31.2 Å². The van der Waals surface area contributed by atoms with Gasteiger partial charge in [-0.15, -0.1) is 0 Å². The van der Waals surface area contributed by atoms with Crippen LogP contribution in [0.4, 0.5) is 10.5 Å². The topological polar surface area (TPSA) is 78.4 Å². The molecule has 21 heavy (non-hydrogen) atoms. The van der Waals surface area contributed by atoms with Crippen LogP contribution in [0.1, 0.15) is 21.5 Å². The zero-order valence-electron chi connectivity index (χ0n) is 11.6. The van der Waals surface area contributed by atoms with Gasteiger partial charge in [-0.3, -0.25) is 0 Å². The summed E-state index contributed by atoms with van der Waals surface area (Å²) in [5, 5.41) is 14.3. The Bertz CT molecular complexity index is 668. The van der Waals surface area contributed by atoms with E-state index < -0.39 is 12.0 Å². The highest BCUT2D eigenvalue weighted by Gasteiger charge is 2.11. The number of benzene rings is 2. The number of aromatic carboxylic acids is 1. The molecular weight excluding hydrogens is 268 g/mol. The molecule has 0 unspecified atom stereocenters. The number of anilines is 1. The Morgan fingerprint density at radius 3 is 2.57 bits per heavy atom. The second-order valence-electron chi connectivity index (χ2n) is 4.65. The summed E-state index contributed by atoms with van der Waals surface area (Å²) in [4.78, 5) is 22.9. The number of para-hydroxylation sites is 1. The van der Waals surface area contributed by atoms with Crippen molar-refractivity contribution >= 4 is 17.7 Å². The summed E-state index contributed by atoms with van der Waals surface area (Å²) in [5.41, 5.74) is 2.43. The first-order chi connectivity index (χ1) is 10.1. The third-order valence-electron chi connectivity index (χ3n) is 2.94. The van der Waals surface area contributed by atoms with Crippen LogP contribution in [0, 0.1) is 6.92 Å². The van der Waals surface area contributed by atoms with E-state index in [0.717, 1.165) is 11.1 Å². The maximum atomic E-state index is 11.8. The van der Waals surface area contributed by atoms with Crippen molar-refractivity contribution in [2.45, 2.75) is 13.5 Å². The molecule has 0 radical (unpaired) electrons. The predicted octanol–water partition coefficient (Wildman–Crippen LogP) is 3.01. The number of carbonyl (C=O) groups excluding carboxylic acids is 1. The van der Waals surface area contributed by atoms with Gasteiger partial charge in [0.2, 0.25) is 0 Å². The first kappa shape index (κ1) is 14.6. The fourth-order valence-electron chi connectivity index (χ4n) is 1.95. The highest BCUT2D eigenvalue weighted by molar-refractivity contribution is 5.99. The molecule has 0 aromatic heterocycles. The number of aryl methyl sites for hydroxylation is 1. The molecule has 0 saturated heterocycles. The smallest absolute Gasteiger partial charge is 0.337 e. The minimum absolute atomic E-state index is 0.0585. The van der Waals surface area contributed by atoms with E-state index in [9.17, 15) is 9.59 Å². The molecule has 3 N–H and O–H groups in total. The normalized spacial score (nSPS) is 9.95. The first-order valence-electron chi connectivity index (χ1n) is 6.49. The van der Waals surface area contributed by atoms with Gasteiger partial charge in [-0.25, -0.2) is 9.59 Å². The summed E-state index contributed by atoms with van der Waals surface area (Å²) in [6.07, 6.45) is 0. The van der Waals surface area contributed by atoms with Crippen molar-refractivity contribution < 1.29 is 14.7 Å². The van der Waals surface area contributed by atoms with E-state index >= 15 is 0 Å². The van der Waals surface area contributed by atoms with Crippen LogP contribution in [0.25, 0.3) is 0 Å². The van der Waals surface area contributed by atoms with Crippen molar-refractivity contribution in [1.29, 1.82) is 0 Å². The molecule has 0 spiro atoms. The molecule has 2 aromatic carbocycles. The number of carboxylic acids is 1. The number of carboxylic acid groups (broad SMARTS) is 1. The summed E-state index contributed by atoms with van der Waals surface area (Å²) < 4.78 is 0. The van der Waals surface area contributed by atoms with E-state index in [1.54, 1.807) is 18.2 Å². The predicted molar refractivity (Wildman–Crippen MR) is 80.4 cm³/mol. The van der Waals surface area contributed by atoms with Crippen molar-refractivity contribution in [3.63, 3.8) is 0 Å². The minimum atomic E-state index is -1.08. The van der Waals surface area contributed by atoms with Crippen LogP contribution in [0.15, 0.2) is 48.5 Å². The lowest BCUT2D eigenvalue weighted by Gasteiger charge is -2.10. The lowest BCUT2D eigenvalue weighted by molar-refractivity contribution is 0.0698. The van der Waals surface area contributed by atoms with Crippen LogP contribution >= 0.6 is 0 Å². The molecule has 108 valence electrons. The highest BCUT2D eigenvalue weighted by atomic mass is 16.4. The molecule has 5 nitrogen and oxygen atoms in total. The monoisotopic (exact) mass is 284 g/mol. The molecule has 0 saturated carbocycles. The highest BCUT2D eigenvalue weighted by Crippen LogP contribution is 2.14. The van der Waals surface area contributed by atoms with Crippen LogP contribution in [-0.4, -0.2) is 17.1 Å². The van der Waals surface area contributed by atoms with Gasteiger partial charge in [0.15, 0.2) is 0 Å². The van der Waals surface area contributed by atoms with Gasteiger partial charge < -0.3 is 15.7 Å². The number of urea groups is 1. The third kappa shape index (κ3) is 4.07. The van der Waals surface area contributed by atoms with Crippen LogP contribution < -0.4 is 10.6 Å². The average molecular weight is 284 g/mol. The third-order valence-corrected chi connectivity index (χ3v) is 2.94. The lowest BCUT2D eigenvalue weighted by atomic mass is 10.1. The van der Waals surface area contributed by atoms with Gasteiger partial charge in [-0.1, -0.05) is 42.0 Å². The number of nitrogens with one attached hydrogen (secondary N) is 2. The van der Waals surface area contributed by atoms with Gasteiger partial charge in [0, 0.05) is 6.54 Å². The van der Waals surface area contributed by atoms with Crippen LogP contribution in [0.3, 0.4) is 0 Å². The Hall–Kier alpha value is -2.82. The van der Waals surface area contributed by atoms with E-state index in [4.69, 9.17) is 5.11 Å². The molecule has 2 rings (SSSR count). The molecular formula is C16H16N2O3. The minimum Gasteiger partial charge on any atom is -0.478 e. The molecule has 0 atom stereocenters. The van der Waals surface area contributed by atoms with Gasteiger partial charge in [-0.05, 0) is 24.6 Å². The van der Waals surface area contributed by atoms with E-state index in [0.29, 0.717) is 6.54 Å². The van der Waals surface area contributed by atoms with Crippen molar-refractivity contribution in [3.8, 4) is 0 Å². The van der Waals surface area contributed by atoms with Gasteiger partial charge in [0.05, 0.1) is 11.3 Å². The number of amides is 2. The summed E-state index contributed by atoms with van der Waals surface area (Å²) >= 11 is 0. The van der Waals surface area contributed by atoms with E-state index in [1.165, 1.54) is 6.07 Å². The molecule has 0 fully saturated rings. The summed E-state index contributed by atoms with van der Waals surface area (Å²) in [7, 11) is 0. The molecule has 5 heteroatoms. The standard InChI is InChI=1S/C16H16N2O3/c1-11-5-4-6-12(9-11)10-17-16(21)18-14-8-3-2-7-13(14)15(19)20/h2-9H,10H2,1H3,(H,19,20)(H2,17,18,21). The van der Waals surface area contributed by atoms with Crippen molar-refractivity contribution in [3.05, 3.63) is 65.2 Å². The number of carbonyl (C=O) groups is 2. The Morgan fingerprint density at radius 1 is 1.10 bits per heavy atom. The largest absolute Gasteiger partial charge is 0.478 e. The second kappa shape index (κ2) is 6.56. The Labute approximate surface area is 122 Å². The quantitative estimate of drug-likeness (QED) is 0.807. The van der Waals surface area contributed by atoms with Crippen LogP contribution in [0.2, 0.25) is 0 Å². The fourth-order valence-corrected chi connectivity index (χ4v) is 1.95. The summed E-state index contributed by atoms with van der Waals surface area (Å²) in [6, 6.07) is 13.6. The lowest BCUT2D eigenvalue weighted by Crippen LogP contribution is -2.28. The Balaban J connectivity index is 1.98. The zero-order valence-corrected chi connectivity index (χ0v) is 11.6. The molecule has 2 amide bonds. The van der Waals surface area contributed by atoms with Crippen LogP contribution in [0.5, 0.6) is 0 Å². The van der Waals surface area contributed by atoms with E-state index in [2.05, 4.69) is 10.6 Å². The maximum Gasteiger partial charge on any atom is 0.337 e. The number of rotatable bonds is 4. The number of hydrogen-bond acceptors (Lipinski definition) is 2. The van der Waals surface area contributed by atoms with Crippen molar-refractivity contribution in [1.82, 2.24) is 5.32 Å². The summed E-state index contributed by atoms with van der Waals surface area (Å²) in [5.74, 6) is -1.08. The fraction of sp³-hybridized carbons (Fsp3) is 0.125. The Morgan fingerprint density at radius 2 is 1.86 bits per heavy atom. The van der Waals surface area contributed by atoms with E-state index in [-0.39, 0.29) is 11.3 Å². The zero-order chi connectivity index (χ0) is 15.2.